The van der Waals surface area contributed by atoms with Crippen LogP contribution in [0.15, 0.2) is 52.8 Å². The number of aryl methyl sites for hydroxylation is 1. The molecule has 2 aromatic heterocycles. The van der Waals surface area contributed by atoms with Gasteiger partial charge in [0.2, 0.25) is 5.88 Å². The van der Waals surface area contributed by atoms with Crippen LogP contribution >= 0.6 is 11.3 Å². The maximum Gasteiger partial charge on any atom is 0.309 e. The van der Waals surface area contributed by atoms with E-state index in [4.69, 9.17) is 0 Å². The molecule has 0 aliphatic rings. The topological polar surface area (TPSA) is 55.1 Å². The van der Waals surface area contributed by atoms with E-state index in [0.717, 1.165) is 23.3 Å². The Labute approximate surface area is 136 Å². The Morgan fingerprint density at radius 2 is 2.04 bits per heavy atom. The molecule has 3 rings (SSSR count). The fraction of sp³-hybridized carbons (Fsp3) is 0.176. The fourth-order valence-corrected chi connectivity index (χ4v) is 3.02. The van der Waals surface area contributed by atoms with Gasteiger partial charge >= 0.3 is 4.87 Å². The molecule has 4 nitrogen and oxygen atoms in total. The van der Waals surface area contributed by atoms with Gasteiger partial charge in [0.15, 0.2) is 0 Å². The summed E-state index contributed by atoms with van der Waals surface area (Å²) in [6.45, 7) is 0.462. The first kappa shape index (κ1) is 15.4. The van der Waals surface area contributed by atoms with E-state index in [2.05, 4.69) is 4.98 Å². The highest BCUT2D eigenvalue weighted by atomic mass is 32.1. The van der Waals surface area contributed by atoms with E-state index in [1.807, 2.05) is 6.07 Å². The molecule has 0 radical (unpaired) electrons. The number of nitrogens with zero attached hydrogens (tertiary/aromatic N) is 2. The highest BCUT2D eigenvalue weighted by Gasteiger charge is 2.07. The first-order valence-corrected chi connectivity index (χ1v) is 8.10. The molecule has 2 heterocycles. The van der Waals surface area contributed by atoms with Crippen molar-refractivity contribution in [2.45, 2.75) is 19.4 Å². The molecule has 0 amide bonds. The number of pyridine rings is 1. The van der Waals surface area contributed by atoms with E-state index in [-0.39, 0.29) is 16.6 Å². The van der Waals surface area contributed by atoms with Crippen molar-refractivity contribution >= 4 is 11.3 Å². The molecule has 0 saturated carbocycles. The van der Waals surface area contributed by atoms with Gasteiger partial charge in [-0.1, -0.05) is 29.5 Å². The molecule has 118 valence electrons. The molecule has 6 heteroatoms. The van der Waals surface area contributed by atoms with Gasteiger partial charge < -0.3 is 5.11 Å². The van der Waals surface area contributed by atoms with Crippen LogP contribution in [-0.4, -0.2) is 14.7 Å². The van der Waals surface area contributed by atoms with Gasteiger partial charge in [-0.2, -0.15) is 0 Å². The molecule has 0 aliphatic heterocycles. The minimum atomic E-state index is -0.292. The molecule has 1 aromatic carbocycles. The summed E-state index contributed by atoms with van der Waals surface area (Å²) in [5.74, 6) is -0.284. The molecule has 0 bridgehead atoms. The second-order valence-electron chi connectivity index (χ2n) is 5.15. The van der Waals surface area contributed by atoms with Gasteiger partial charge in [-0.25, -0.2) is 4.39 Å². The highest BCUT2D eigenvalue weighted by Crippen LogP contribution is 2.20. The Kier molecular flexibility index (Phi) is 4.52. The lowest BCUT2D eigenvalue weighted by Crippen LogP contribution is -2.12. The number of hydrogen-bond donors (Lipinski definition) is 1. The lowest BCUT2D eigenvalue weighted by atomic mass is 10.1. The number of hydrogen-bond acceptors (Lipinski definition) is 4. The summed E-state index contributed by atoms with van der Waals surface area (Å²) in [6.07, 6.45) is 3.16. The van der Waals surface area contributed by atoms with Crippen molar-refractivity contribution in [3.8, 4) is 17.1 Å². The number of aromatic hydroxyl groups is 1. The summed E-state index contributed by atoms with van der Waals surface area (Å²) in [5, 5.41) is 11.0. The first-order valence-electron chi connectivity index (χ1n) is 7.22. The Balaban J connectivity index is 1.64. The summed E-state index contributed by atoms with van der Waals surface area (Å²) in [7, 11) is 0. The largest absolute Gasteiger partial charge is 0.494 e. The highest BCUT2D eigenvalue weighted by molar-refractivity contribution is 7.07. The Morgan fingerprint density at radius 1 is 1.22 bits per heavy atom. The van der Waals surface area contributed by atoms with Crippen molar-refractivity contribution in [1.82, 2.24) is 9.55 Å². The molecule has 23 heavy (non-hydrogen) atoms. The Morgan fingerprint density at radius 3 is 2.70 bits per heavy atom. The van der Waals surface area contributed by atoms with Crippen molar-refractivity contribution in [3.63, 3.8) is 0 Å². The molecular formula is C17H15FN2O2S. The summed E-state index contributed by atoms with van der Waals surface area (Å²) in [5.41, 5.74) is 2.08. The van der Waals surface area contributed by atoms with Gasteiger partial charge in [0, 0.05) is 18.3 Å². The summed E-state index contributed by atoms with van der Waals surface area (Å²) >= 11 is 0.988. The molecular weight excluding hydrogens is 315 g/mol. The van der Waals surface area contributed by atoms with E-state index in [9.17, 15) is 14.3 Å². The lowest BCUT2D eigenvalue weighted by molar-refractivity contribution is 0.409. The third kappa shape index (κ3) is 3.48. The van der Waals surface area contributed by atoms with Crippen LogP contribution in [0, 0.1) is 5.82 Å². The van der Waals surface area contributed by atoms with Gasteiger partial charge in [-0.05, 0) is 36.6 Å². The minimum absolute atomic E-state index is 0.00743. The van der Waals surface area contributed by atoms with E-state index in [1.165, 1.54) is 16.0 Å². The number of thiazole rings is 1. The number of rotatable bonds is 5. The molecule has 0 spiro atoms. The normalized spacial score (nSPS) is 10.8. The van der Waals surface area contributed by atoms with E-state index in [1.54, 1.807) is 30.5 Å². The zero-order chi connectivity index (χ0) is 16.2. The molecule has 0 aliphatic carbocycles. The molecule has 3 aromatic rings. The van der Waals surface area contributed by atoms with Crippen molar-refractivity contribution < 1.29 is 9.50 Å². The summed E-state index contributed by atoms with van der Waals surface area (Å²) in [6, 6.07) is 10.2. The van der Waals surface area contributed by atoms with Crippen molar-refractivity contribution in [3.05, 3.63) is 69.0 Å². The van der Waals surface area contributed by atoms with Crippen molar-refractivity contribution in [2.75, 3.05) is 0 Å². The zero-order valence-corrected chi connectivity index (χ0v) is 13.1. The van der Waals surface area contributed by atoms with Crippen LogP contribution in [0.2, 0.25) is 0 Å². The number of benzene rings is 1. The number of halogens is 1. The summed E-state index contributed by atoms with van der Waals surface area (Å²) < 4.78 is 15.1. The first-order chi connectivity index (χ1) is 11.1. The van der Waals surface area contributed by atoms with Crippen LogP contribution in [0.1, 0.15) is 12.0 Å². The van der Waals surface area contributed by atoms with Gasteiger partial charge in [0.1, 0.15) is 5.82 Å². The van der Waals surface area contributed by atoms with Gasteiger partial charge in [0.05, 0.1) is 11.1 Å². The van der Waals surface area contributed by atoms with Gasteiger partial charge in [0.25, 0.3) is 0 Å². The molecule has 0 fully saturated rings. The van der Waals surface area contributed by atoms with Crippen LogP contribution in [0.5, 0.6) is 5.88 Å². The quantitative estimate of drug-likeness (QED) is 0.779. The molecule has 0 saturated heterocycles. The van der Waals surface area contributed by atoms with Crippen LogP contribution in [0.4, 0.5) is 4.39 Å². The molecule has 1 N–H and O–H groups in total. The van der Waals surface area contributed by atoms with Crippen LogP contribution in [0.3, 0.4) is 0 Å². The van der Waals surface area contributed by atoms with E-state index >= 15 is 0 Å². The molecule has 0 unspecified atom stereocenters. The third-order valence-corrected chi connectivity index (χ3v) is 4.33. The van der Waals surface area contributed by atoms with E-state index < -0.39 is 0 Å². The monoisotopic (exact) mass is 330 g/mol. The average molecular weight is 330 g/mol. The lowest BCUT2D eigenvalue weighted by Gasteiger charge is -2.06. The second-order valence-corrected chi connectivity index (χ2v) is 5.97. The maximum absolute atomic E-state index is 13.7. The smallest absolute Gasteiger partial charge is 0.309 e. The third-order valence-electron chi connectivity index (χ3n) is 3.58. The SMILES string of the molecule is O=c1scc(O)n1CCCc1ccc(-c2ccccc2F)nc1. The van der Waals surface area contributed by atoms with Gasteiger partial charge in [-0.3, -0.25) is 14.3 Å². The Bertz CT molecular complexity index is 856. The average Bonchev–Trinajstić information content (AvgIpc) is 2.88. The van der Waals surface area contributed by atoms with Crippen LogP contribution in [0.25, 0.3) is 11.3 Å². The predicted octanol–water partition coefficient (Wildman–Crippen LogP) is 3.45. The minimum Gasteiger partial charge on any atom is -0.494 e. The van der Waals surface area contributed by atoms with Crippen molar-refractivity contribution in [1.29, 1.82) is 0 Å². The maximum atomic E-state index is 13.7. The van der Waals surface area contributed by atoms with Crippen molar-refractivity contribution in [2.24, 2.45) is 0 Å². The number of aromatic nitrogens is 2. The van der Waals surface area contributed by atoms with Gasteiger partial charge in [-0.15, -0.1) is 0 Å². The Hall–Kier alpha value is -2.47. The predicted molar refractivity (Wildman–Crippen MR) is 88.2 cm³/mol. The summed E-state index contributed by atoms with van der Waals surface area (Å²) in [4.78, 5) is 15.6. The second kappa shape index (κ2) is 6.75. The van der Waals surface area contributed by atoms with E-state index in [0.29, 0.717) is 24.2 Å². The molecule has 0 atom stereocenters. The zero-order valence-electron chi connectivity index (χ0n) is 12.3. The fourth-order valence-electron chi connectivity index (χ4n) is 2.37. The standard InChI is InChI=1S/C17H15FN2O2S/c18-14-6-2-1-5-13(14)15-8-7-12(10-19-15)4-3-9-20-16(21)11-23-17(20)22/h1-2,5-8,10-11,21H,3-4,9H2. The van der Waals surface area contributed by atoms with Crippen LogP contribution < -0.4 is 4.87 Å². The van der Waals surface area contributed by atoms with Crippen LogP contribution in [-0.2, 0) is 13.0 Å².